The van der Waals surface area contributed by atoms with Crippen LogP contribution in [0, 0.1) is 18.2 Å². The van der Waals surface area contributed by atoms with E-state index >= 15 is 0 Å². The Labute approximate surface area is 145 Å². The van der Waals surface area contributed by atoms with Crippen LogP contribution in [0.25, 0.3) is 0 Å². The Balaban J connectivity index is 1.74. The second-order valence-electron chi connectivity index (χ2n) is 6.25. The Morgan fingerprint density at radius 3 is 2.32 bits per heavy atom. The summed E-state index contributed by atoms with van der Waals surface area (Å²) >= 11 is 0. The molecule has 0 aromatic heterocycles. The molecular formula is C18H16BFN2O3. The van der Waals surface area contributed by atoms with Crippen molar-refractivity contribution in [3.8, 4) is 5.75 Å². The minimum atomic E-state index is -1.19. The van der Waals surface area contributed by atoms with Crippen molar-refractivity contribution in [3.63, 3.8) is 0 Å². The second kappa shape index (κ2) is 6.24. The number of amides is 2. The van der Waals surface area contributed by atoms with Gasteiger partial charge in [0.2, 0.25) is 11.8 Å². The van der Waals surface area contributed by atoms with Gasteiger partial charge >= 0.3 is 0 Å². The van der Waals surface area contributed by atoms with Crippen molar-refractivity contribution in [1.29, 1.82) is 0 Å². The Morgan fingerprint density at radius 2 is 1.72 bits per heavy atom. The molecular weight excluding hydrogens is 322 g/mol. The molecule has 3 N–H and O–H groups in total. The van der Waals surface area contributed by atoms with E-state index in [-0.39, 0.29) is 11.2 Å². The second-order valence-corrected chi connectivity index (χ2v) is 6.25. The van der Waals surface area contributed by atoms with E-state index in [1.165, 1.54) is 0 Å². The van der Waals surface area contributed by atoms with Crippen LogP contribution >= 0.6 is 0 Å². The van der Waals surface area contributed by atoms with Gasteiger partial charge in [0, 0.05) is 17.4 Å². The average Bonchev–Trinajstić information content (AvgIpc) is 3.36. The predicted molar refractivity (Wildman–Crippen MR) is 93.6 cm³/mol. The number of hydrogen-bond acceptors (Lipinski definition) is 3. The molecule has 0 heterocycles. The lowest BCUT2D eigenvalue weighted by Gasteiger charge is -2.17. The van der Waals surface area contributed by atoms with Crippen LogP contribution in [0.5, 0.6) is 5.75 Å². The molecule has 126 valence electrons. The van der Waals surface area contributed by atoms with Crippen molar-refractivity contribution < 1.29 is 19.1 Å². The minimum Gasteiger partial charge on any atom is -0.505 e. The summed E-state index contributed by atoms with van der Waals surface area (Å²) in [5.41, 5.74) is 0.509. The summed E-state index contributed by atoms with van der Waals surface area (Å²) in [5.74, 6) is -2.47. The lowest BCUT2D eigenvalue weighted by atomic mass is 9.93. The lowest BCUT2D eigenvalue weighted by molar-refractivity contribution is -0.131. The minimum absolute atomic E-state index is 0.0157. The molecule has 7 heteroatoms. The fourth-order valence-electron chi connectivity index (χ4n) is 2.50. The number of hydrogen-bond donors (Lipinski definition) is 3. The summed E-state index contributed by atoms with van der Waals surface area (Å²) in [5, 5.41) is 14.5. The maximum Gasteiger partial charge on any atom is 0.240 e. The molecule has 0 bridgehead atoms. The molecule has 1 aliphatic rings. The number of aryl methyl sites for hydroxylation is 1. The molecule has 25 heavy (non-hydrogen) atoms. The quantitative estimate of drug-likeness (QED) is 0.453. The Bertz CT molecular complexity index is 848. The third kappa shape index (κ3) is 3.35. The molecule has 1 aliphatic carbocycles. The molecule has 5 nitrogen and oxygen atoms in total. The van der Waals surface area contributed by atoms with E-state index in [2.05, 4.69) is 10.6 Å². The van der Waals surface area contributed by atoms with E-state index in [1.54, 1.807) is 12.1 Å². The van der Waals surface area contributed by atoms with Crippen LogP contribution < -0.4 is 16.1 Å². The van der Waals surface area contributed by atoms with E-state index in [0.717, 1.165) is 17.7 Å². The van der Waals surface area contributed by atoms with Gasteiger partial charge in [-0.3, -0.25) is 9.59 Å². The van der Waals surface area contributed by atoms with Gasteiger partial charge in [-0.2, -0.15) is 0 Å². The van der Waals surface area contributed by atoms with E-state index < -0.39 is 28.8 Å². The van der Waals surface area contributed by atoms with E-state index in [1.807, 2.05) is 19.1 Å². The highest BCUT2D eigenvalue weighted by atomic mass is 19.1. The molecule has 2 amide bonds. The van der Waals surface area contributed by atoms with Gasteiger partial charge in [-0.1, -0.05) is 23.2 Å². The Hall–Kier alpha value is -2.83. The number of aromatic hydroxyl groups is 1. The Morgan fingerprint density at radius 1 is 1.12 bits per heavy atom. The first-order valence-corrected chi connectivity index (χ1v) is 7.79. The molecule has 2 radical (unpaired) electrons. The first kappa shape index (κ1) is 17.0. The van der Waals surface area contributed by atoms with Gasteiger partial charge in [0.25, 0.3) is 0 Å². The number of carbonyl (C=O) groups excluding carboxylic acids is 2. The van der Waals surface area contributed by atoms with Crippen LogP contribution in [0.4, 0.5) is 15.8 Å². The van der Waals surface area contributed by atoms with Crippen LogP contribution in [0.2, 0.25) is 0 Å². The van der Waals surface area contributed by atoms with E-state index in [0.29, 0.717) is 18.5 Å². The summed E-state index contributed by atoms with van der Waals surface area (Å²) in [6, 6.07) is 9.17. The number of phenols is 1. The van der Waals surface area contributed by atoms with Gasteiger partial charge in [-0.05, 0) is 38.0 Å². The van der Waals surface area contributed by atoms with Crippen molar-refractivity contribution in [3.05, 3.63) is 47.8 Å². The monoisotopic (exact) mass is 338 g/mol. The molecule has 0 spiro atoms. The number of halogens is 1. The first-order chi connectivity index (χ1) is 11.8. The van der Waals surface area contributed by atoms with E-state index in [9.17, 15) is 19.1 Å². The number of anilines is 2. The molecule has 0 saturated heterocycles. The highest BCUT2D eigenvalue weighted by Crippen LogP contribution is 2.47. The van der Waals surface area contributed by atoms with Gasteiger partial charge in [-0.25, -0.2) is 4.39 Å². The van der Waals surface area contributed by atoms with Crippen LogP contribution in [-0.4, -0.2) is 24.8 Å². The smallest absolute Gasteiger partial charge is 0.240 e. The van der Waals surface area contributed by atoms with Crippen molar-refractivity contribution in [2.24, 2.45) is 5.41 Å². The maximum atomic E-state index is 13.5. The lowest BCUT2D eigenvalue weighted by Crippen LogP contribution is -2.36. The third-order valence-electron chi connectivity index (χ3n) is 4.30. The maximum absolute atomic E-state index is 13.5. The van der Waals surface area contributed by atoms with Crippen molar-refractivity contribution in [1.82, 2.24) is 0 Å². The standard InChI is InChI=1S/C18H16BFN2O3/c1-10-2-4-11(5-3-10)21-16(24)18(6-7-18)17(25)22-14-9-13(20)15(23)8-12(14)19/h2-5,8-9,23H,6-7H2,1H3,(H,21,24)(H,22,25). The first-order valence-electron chi connectivity index (χ1n) is 7.79. The molecule has 2 aromatic rings. The van der Waals surface area contributed by atoms with Crippen LogP contribution in [0.3, 0.4) is 0 Å². The molecule has 0 atom stereocenters. The zero-order chi connectivity index (χ0) is 18.2. The molecule has 1 saturated carbocycles. The number of carbonyl (C=O) groups is 2. The normalized spacial score (nSPS) is 14.6. The highest BCUT2D eigenvalue weighted by molar-refractivity contribution is 6.37. The topological polar surface area (TPSA) is 78.4 Å². The zero-order valence-electron chi connectivity index (χ0n) is 13.6. The largest absolute Gasteiger partial charge is 0.505 e. The number of phenolic OH excluding ortho intramolecular Hbond substituents is 1. The predicted octanol–water partition coefficient (Wildman–Crippen LogP) is 1.99. The van der Waals surface area contributed by atoms with Crippen molar-refractivity contribution in [2.75, 3.05) is 10.6 Å². The van der Waals surface area contributed by atoms with Crippen LogP contribution in [0.15, 0.2) is 36.4 Å². The third-order valence-corrected chi connectivity index (χ3v) is 4.30. The van der Waals surface area contributed by atoms with Gasteiger partial charge in [0.15, 0.2) is 11.6 Å². The average molecular weight is 338 g/mol. The SMILES string of the molecule is [B]c1cc(O)c(F)cc1NC(=O)C1(C(=O)Nc2ccc(C)cc2)CC1. The summed E-state index contributed by atoms with van der Waals surface area (Å²) < 4.78 is 13.5. The van der Waals surface area contributed by atoms with Gasteiger partial charge < -0.3 is 15.7 Å². The molecule has 3 rings (SSSR count). The highest BCUT2D eigenvalue weighted by Gasteiger charge is 2.56. The van der Waals surface area contributed by atoms with Crippen molar-refractivity contribution >= 4 is 36.5 Å². The summed E-state index contributed by atoms with van der Waals surface area (Å²) in [6.45, 7) is 1.93. The van der Waals surface area contributed by atoms with Crippen molar-refractivity contribution in [2.45, 2.75) is 19.8 Å². The molecule has 1 fully saturated rings. The summed E-state index contributed by atoms with van der Waals surface area (Å²) in [4.78, 5) is 25.0. The van der Waals surface area contributed by atoms with Crippen LogP contribution in [0.1, 0.15) is 18.4 Å². The number of nitrogens with one attached hydrogen (secondary N) is 2. The number of benzene rings is 2. The molecule has 2 aromatic carbocycles. The summed E-state index contributed by atoms with van der Waals surface area (Å²) in [6.07, 6.45) is 0.800. The summed E-state index contributed by atoms with van der Waals surface area (Å²) in [7, 11) is 5.67. The van der Waals surface area contributed by atoms with Gasteiger partial charge in [0.1, 0.15) is 13.3 Å². The van der Waals surface area contributed by atoms with E-state index in [4.69, 9.17) is 7.85 Å². The Kier molecular flexibility index (Phi) is 4.24. The molecule has 0 unspecified atom stereocenters. The zero-order valence-corrected chi connectivity index (χ0v) is 13.6. The van der Waals surface area contributed by atoms with Gasteiger partial charge in [-0.15, -0.1) is 0 Å². The molecule has 0 aliphatic heterocycles. The van der Waals surface area contributed by atoms with Crippen LogP contribution in [-0.2, 0) is 9.59 Å². The fraction of sp³-hybridized carbons (Fsp3) is 0.222. The van der Waals surface area contributed by atoms with Gasteiger partial charge in [0.05, 0.1) is 0 Å². The number of rotatable bonds is 4. The fourth-order valence-corrected chi connectivity index (χ4v) is 2.50.